The number of carbonyl (C=O) groups excluding carboxylic acids is 2. The van der Waals surface area contributed by atoms with Crippen molar-refractivity contribution in [1.29, 1.82) is 0 Å². The summed E-state index contributed by atoms with van der Waals surface area (Å²) in [4.78, 5) is 25.4. The lowest BCUT2D eigenvalue weighted by Crippen LogP contribution is -2.37. The molecule has 2 N–H and O–H groups in total. The summed E-state index contributed by atoms with van der Waals surface area (Å²) in [5.74, 6) is -0.605. The van der Waals surface area contributed by atoms with Crippen LogP contribution in [0.5, 0.6) is 5.75 Å². The Kier molecular flexibility index (Phi) is 7.06. The Bertz CT molecular complexity index is 1520. The zero-order chi connectivity index (χ0) is 27.6. The summed E-state index contributed by atoms with van der Waals surface area (Å²) in [5.41, 5.74) is 3.08. The zero-order valence-electron chi connectivity index (χ0n) is 20.4. The van der Waals surface area contributed by atoms with Crippen LogP contribution in [0.25, 0.3) is 11.1 Å². The lowest BCUT2D eigenvalue weighted by atomic mass is 9.98. The van der Waals surface area contributed by atoms with Gasteiger partial charge < -0.3 is 15.4 Å². The van der Waals surface area contributed by atoms with Gasteiger partial charge in [-0.25, -0.2) is 9.18 Å². The Labute approximate surface area is 221 Å². The summed E-state index contributed by atoms with van der Waals surface area (Å²) in [7, 11) is 0. The van der Waals surface area contributed by atoms with Crippen LogP contribution in [0.3, 0.4) is 0 Å². The van der Waals surface area contributed by atoms with Gasteiger partial charge in [-0.15, -0.1) is 0 Å². The maximum Gasteiger partial charge on any atom is 0.416 e. The van der Waals surface area contributed by atoms with Crippen LogP contribution in [-0.2, 0) is 19.0 Å². The van der Waals surface area contributed by atoms with Crippen molar-refractivity contribution in [1.82, 2.24) is 5.32 Å². The second-order valence-corrected chi connectivity index (χ2v) is 9.15. The fraction of sp³-hybridized carbons (Fsp3) is 0.133. The van der Waals surface area contributed by atoms with Crippen molar-refractivity contribution in [2.24, 2.45) is 0 Å². The number of rotatable bonds is 5. The van der Waals surface area contributed by atoms with Gasteiger partial charge in [0.2, 0.25) is 0 Å². The predicted molar refractivity (Wildman–Crippen MR) is 138 cm³/mol. The van der Waals surface area contributed by atoms with E-state index in [2.05, 4.69) is 10.6 Å². The van der Waals surface area contributed by atoms with E-state index in [0.29, 0.717) is 35.2 Å². The van der Waals surface area contributed by atoms with Gasteiger partial charge in [0.1, 0.15) is 11.6 Å². The zero-order valence-corrected chi connectivity index (χ0v) is 20.4. The van der Waals surface area contributed by atoms with E-state index in [1.54, 1.807) is 30.3 Å². The number of halogens is 4. The Morgan fingerprint density at radius 2 is 1.51 bits per heavy atom. The minimum absolute atomic E-state index is 0.209. The molecule has 1 unspecified atom stereocenters. The summed E-state index contributed by atoms with van der Waals surface area (Å²) in [6.07, 6.45) is -3.98. The Hall–Kier alpha value is -4.66. The molecule has 198 valence electrons. The predicted octanol–water partition coefficient (Wildman–Crippen LogP) is 7.02. The maximum absolute atomic E-state index is 13.2. The van der Waals surface area contributed by atoms with Crippen molar-refractivity contribution >= 4 is 17.7 Å². The van der Waals surface area contributed by atoms with E-state index < -0.39 is 29.6 Å². The number of amides is 2. The van der Waals surface area contributed by atoms with E-state index in [1.165, 1.54) is 36.4 Å². The van der Waals surface area contributed by atoms with Gasteiger partial charge in [0.05, 0.1) is 5.56 Å². The Morgan fingerprint density at radius 1 is 0.821 bits per heavy atom. The van der Waals surface area contributed by atoms with Gasteiger partial charge >= 0.3 is 12.3 Å². The molecular weight excluding hydrogens is 512 g/mol. The normalized spacial score (nSPS) is 14.4. The van der Waals surface area contributed by atoms with Crippen LogP contribution in [0.15, 0.2) is 91.0 Å². The minimum Gasteiger partial charge on any atom is -0.410 e. The van der Waals surface area contributed by atoms with E-state index in [4.69, 9.17) is 4.74 Å². The molecule has 4 aromatic carbocycles. The number of nitrogens with one attached hydrogen (secondary N) is 2. The van der Waals surface area contributed by atoms with Gasteiger partial charge in [-0.05, 0) is 89.7 Å². The van der Waals surface area contributed by atoms with Crippen molar-refractivity contribution in [3.8, 4) is 16.9 Å². The first kappa shape index (κ1) is 26.0. The lowest BCUT2D eigenvalue weighted by molar-refractivity contribution is -0.137. The molecule has 1 aliphatic rings. The van der Waals surface area contributed by atoms with E-state index >= 15 is 0 Å². The van der Waals surface area contributed by atoms with Gasteiger partial charge in [0.25, 0.3) is 5.91 Å². The van der Waals surface area contributed by atoms with E-state index in [-0.39, 0.29) is 11.8 Å². The van der Waals surface area contributed by atoms with Crippen LogP contribution in [-0.4, -0.2) is 18.0 Å². The molecule has 9 heteroatoms. The van der Waals surface area contributed by atoms with Crippen LogP contribution in [0.2, 0.25) is 0 Å². The van der Waals surface area contributed by atoms with Crippen molar-refractivity contribution in [3.63, 3.8) is 0 Å². The number of carbonyl (C=O) groups is 2. The summed E-state index contributed by atoms with van der Waals surface area (Å²) in [5, 5.41) is 5.67. The van der Waals surface area contributed by atoms with Gasteiger partial charge in [-0.2, -0.15) is 13.2 Å². The fourth-order valence-corrected chi connectivity index (χ4v) is 4.57. The topological polar surface area (TPSA) is 67.4 Å². The number of ether oxygens (including phenoxy) is 1. The molecular formula is C30H22F4N2O3. The molecule has 1 aliphatic carbocycles. The third-order valence-electron chi connectivity index (χ3n) is 6.44. The first-order chi connectivity index (χ1) is 18.7. The monoisotopic (exact) mass is 534 g/mol. The molecule has 5 rings (SSSR count). The molecule has 0 aromatic heterocycles. The Morgan fingerprint density at radius 3 is 2.23 bits per heavy atom. The van der Waals surface area contributed by atoms with Gasteiger partial charge in [0, 0.05) is 17.3 Å². The number of alkyl halides is 3. The molecule has 4 aromatic rings. The molecule has 0 spiro atoms. The molecule has 0 bridgehead atoms. The molecule has 0 aliphatic heterocycles. The number of anilines is 1. The number of benzene rings is 4. The quantitative estimate of drug-likeness (QED) is 0.271. The standard InChI is InChI=1S/C30H22F4N2O3/c31-22-10-13-25(14-11-22)39-29(38)36-24-15-19-7-12-23(16-20(19)17-24)35-28(37)27-4-2-1-3-26(27)18-5-8-21(9-6-18)30(32,33)34/h1-14,16,24H,15,17H2,(H,35,37)(H,36,38). The number of hydrogen-bond donors (Lipinski definition) is 2. The summed E-state index contributed by atoms with van der Waals surface area (Å²) in [6.45, 7) is 0. The second-order valence-electron chi connectivity index (χ2n) is 9.15. The maximum atomic E-state index is 13.2. The number of hydrogen-bond acceptors (Lipinski definition) is 3. The second kappa shape index (κ2) is 10.6. The smallest absolute Gasteiger partial charge is 0.410 e. The van der Waals surface area contributed by atoms with Crippen molar-refractivity contribution < 1.29 is 31.9 Å². The average Bonchev–Trinajstić information content (AvgIpc) is 3.31. The highest BCUT2D eigenvalue weighted by atomic mass is 19.4. The molecule has 0 radical (unpaired) electrons. The third-order valence-corrected chi connectivity index (χ3v) is 6.44. The van der Waals surface area contributed by atoms with E-state index in [1.807, 2.05) is 12.1 Å². The molecule has 0 saturated heterocycles. The van der Waals surface area contributed by atoms with Crippen molar-refractivity contribution in [3.05, 3.63) is 119 Å². The van der Waals surface area contributed by atoms with Gasteiger partial charge in [-0.1, -0.05) is 36.4 Å². The molecule has 0 heterocycles. The highest BCUT2D eigenvalue weighted by molar-refractivity contribution is 6.08. The van der Waals surface area contributed by atoms with Gasteiger partial charge in [-0.3, -0.25) is 4.79 Å². The molecule has 5 nitrogen and oxygen atoms in total. The average molecular weight is 535 g/mol. The SMILES string of the molecule is O=C(NC1Cc2ccc(NC(=O)c3ccccc3-c3ccc(C(F)(F)F)cc3)cc2C1)Oc1ccc(F)cc1. The third kappa shape index (κ3) is 6.09. The van der Waals surface area contributed by atoms with Crippen LogP contribution < -0.4 is 15.4 Å². The summed E-state index contributed by atoms with van der Waals surface area (Å²) in [6, 6.07) is 21.8. The lowest BCUT2D eigenvalue weighted by Gasteiger charge is -2.13. The molecule has 0 fully saturated rings. The van der Waals surface area contributed by atoms with Crippen LogP contribution in [0, 0.1) is 5.82 Å². The first-order valence-electron chi connectivity index (χ1n) is 12.1. The summed E-state index contributed by atoms with van der Waals surface area (Å²) < 4.78 is 57.1. The van der Waals surface area contributed by atoms with Crippen LogP contribution >= 0.6 is 0 Å². The molecule has 1 atom stereocenters. The van der Waals surface area contributed by atoms with Gasteiger partial charge in [0.15, 0.2) is 0 Å². The summed E-state index contributed by atoms with van der Waals surface area (Å²) >= 11 is 0. The highest BCUT2D eigenvalue weighted by Crippen LogP contribution is 2.32. The fourth-order valence-electron chi connectivity index (χ4n) is 4.57. The molecule has 2 amide bonds. The minimum atomic E-state index is -4.44. The van der Waals surface area contributed by atoms with E-state index in [0.717, 1.165) is 23.3 Å². The van der Waals surface area contributed by atoms with Crippen molar-refractivity contribution in [2.75, 3.05) is 5.32 Å². The largest absolute Gasteiger partial charge is 0.416 e. The molecule has 0 saturated carbocycles. The van der Waals surface area contributed by atoms with Crippen LogP contribution in [0.4, 0.5) is 28.0 Å². The molecule has 39 heavy (non-hydrogen) atoms. The highest BCUT2D eigenvalue weighted by Gasteiger charge is 2.30. The van der Waals surface area contributed by atoms with E-state index in [9.17, 15) is 27.2 Å². The number of fused-ring (bicyclic) bond motifs is 1. The first-order valence-corrected chi connectivity index (χ1v) is 12.1. The van der Waals surface area contributed by atoms with Crippen LogP contribution in [0.1, 0.15) is 27.0 Å². The van der Waals surface area contributed by atoms with Crippen molar-refractivity contribution in [2.45, 2.75) is 25.1 Å². The Balaban J connectivity index is 1.24.